The highest BCUT2D eigenvalue weighted by atomic mass is 19.1. The lowest BCUT2D eigenvalue weighted by Gasteiger charge is -2.18. The van der Waals surface area contributed by atoms with Crippen molar-refractivity contribution in [3.63, 3.8) is 0 Å². The first-order chi connectivity index (χ1) is 18.4. The maximum absolute atomic E-state index is 14.2. The highest BCUT2D eigenvalue weighted by molar-refractivity contribution is 6.07. The van der Waals surface area contributed by atoms with Crippen LogP contribution in [-0.2, 0) is 25.6 Å². The van der Waals surface area contributed by atoms with Gasteiger partial charge in [0.1, 0.15) is 5.82 Å². The third kappa shape index (κ3) is 6.15. The molecule has 1 aromatic heterocycles. The van der Waals surface area contributed by atoms with E-state index in [9.17, 15) is 18.8 Å². The molecule has 0 spiro atoms. The molecule has 1 N–H and O–H groups in total. The zero-order valence-corrected chi connectivity index (χ0v) is 21.0. The van der Waals surface area contributed by atoms with E-state index in [4.69, 9.17) is 9.47 Å². The van der Waals surface area contributed by atoms with Gasteiger partial charge in [-0.15, -0.1) is 0 Å². The van der Waals surface area contributed by atoms with E-state index in [1.165, 1.54) is 19.1 Å². The Balaban J connectivity index is 1.86. The van der Waals surface area contributed by atoms with E-state index >= 15 is 0 Å². The molecular weight excluding hydrogens is 487 g/mol. The fourth-order valence-corrected chi connectivity index (χ4v) is 4.14. The Morgan fingerprint density at radius 2 is 1.63 bits per heavy atom. The zero-order valence-electron chi connectivity index (χ0n) is 21.0. The van der Waals surface area contributed by atoms with Crippen LogP contribution in [0.2, 0.25) is 0 Å². The summed E-state index contributed by atoms with van der Waals surface area (Å²) in [4.78, 5) is 38.7. The lowest BCUT2D eigenvalue weighted by molar-refractivity contribution is -0.152. The van der Waals surface area contributed by atoms with Gasteiger partial charge in [0.2, 0.25) is 6.10 Å². The van der Waals surface area contributed by atoms with Gasteiger partial charge in [-0.25, -0.2) is 9.18 Å². The molecule has 38 heavy (non-hydrogen) atoms. The van der Waals surface area contributed by atoms with Crippen molar-refractivity contribution in [1.29, 1.82) is 0 Å². The maximum Gasteiger partial charge on any atom is 0.357 e. The van der Waals surface area contributed by atoms with Crippen LogP contribution in [0.5, 0.6) is 0 Å². The van der Waals surface area contributed by atoms with E-state index < -0.39 is 29.8 Å². The monoisotopic (exact) mass is 514 g/mol. The van der Waals surface area contributed by atoms with Crippen molar-refractivity contribution in [1.82, 2.24) is 4.57 Å². The molecule has 4 rings (SSSR count). The number of esters is 2. The molecule has 0 saturated carbocycles. The minimum atomic E-state index is -1.28. The van der Waals surface area contributed by atoms with Gasteiger partial charge < -0.3 is 19.4 Å². The molecular formula is C30H27FN2O5. The molecule has 0 aliphatic heterocycles. The van der Waals surface area contributed by atoms with Crippen LogP contribution in [0.1, 0.15) is 41.6 Å². The zero-order chi connectivity index (χ0) is 27.1. The fourth-order valence-electron chi connectivity index (χ4n) is 4.14. The van der Waals surface area contributed by atoms with Gasteiger partial charge in [-0.2, -0.15) is 0 Å². The Morgan fingerprint density at radius 1 is 0.947 bits per heavy atom. The molecule has 0 bridgehead atoms. The Bertz CT molecular complexity index is 1430. The van der Waals surface area contributed by atoms with Crippen molar-refractivity contribution in [2.24, 2.45) is 0 Å². The van der Waals surface area contributed by atoms with Gasteiger partial charge in [-0.05, 0) is 30.2 Å². The highest BCUT2D eigenvalue weighted by Crippen LogP contribution is 2.36. The molecule has 1 amide bonds. The smallest absolute Gasteiger partial charge is 0.357 e. The lowest BCUT2D eigenvalue weighted by Crippen LogP contribution is -2.26. The Kier molecular flexibility index (Phi) is 8.33. The minimum Gasteiger partial charge on any atom is -0.461 e. The highest BCUT2D eigenvalue weighted by Gasteiger charge is 2.30. The van der Waals surface area contributed by atoms with E-state index in [1.54, 1.807) is 60.2 Å². The predicted octanol–water partition coefficient (Wildman–Crippen LogP) is 5.76. The van der Waals surface area contributed by atoms with E-state index in [0.29, 0.717) is 23.2 Å². The first kappa shape index (κ1) is 26.3. The summed E-state index contributed by atoms with van der Waals surface area (Å²) in [5.41, 5.74) is 2.42. The van der Waals surface area contributed by atoms with E-state index in [-0.39, 0.29) is 18.0 Å². The summed E-state index contributed by atoms with van der Waals surface area (Å²) >= 11 is 0. The van der Waals surface area contributed by atoms with Gasteiger partial charge >= 0.3 is 11.9 Å². The van der Waals surface area contributed by atoms with Crippen LogP contribution in [0, 0.1) is 5.82 Å². The van der Waals surface area contributed by atoms with Crippen molar-refractivity contribution in [2.75, 3.05) is 11.9 Å². The van der Waals surface area contributed by atoms with Crippen LogP contribution in [-0.4, -0.2) is 29.0 Å². The number of carbonyl (C=O) groups excluding carboxylic acids is 3. The summed E-state index contributed by atoms with van der Waals surface area (Å²) < 4.78 is 26.6. The van der Waals surface area contributed by atoms with E-state index in [0.717, 1.165) is 5.56 Å². The first-order valence-corrected chi connectivity index (χ1v) is 12.1. The average Bonchev–Trinajstić information content (AvgIpc) is 3.25. The fraction of sp³-hybridized carbons (Fsp3) is 0.167. The standard InChI is InChI=1S/C30H27FN2O5/c1-3-37-30(36)27-26(32-29(35)28(38-20(2)34)22-13-8-5-9-14-22)25(23-15-10-16-24(31)17-23)19-33(27)18-21-11-6-4-7-12-21/h4-17,19,28H,3,18H2,1-2H3,(H,32,35)/t28-/m1/s1. The molecule has 3 aromatic carbocycles. The SMILES string of the molecule is CCOC(=O)c1c(NC(=O)[C@H](OC(C)=O)c2ccccc2)c(-c2cccc(F)c2)cn1Cc1ccccc1. The average molecular weight is 515 g/mol. The van der Waals surface area contributed by atoms with Crippen molar-refractivity contribution in [3.8, 4) is 11.1 Å². The molecule has 7 nitrogen and oxygen atoms in total. The van der Waals surface area contributed by atoms with Gasteiger partial charge in [0.15, 0.2) is 5.69 Å². The first-order valence-electron chi connectivity index (χ1n) is 12.1. The van der Waals surface area contributed by atoms with Crippen molar-refractivity contribution >= 4 is 23.5 Å². The molecule has 4 aromatic rings. The number of nitrogens with one attached hydrogen (secondary N) is 1. The van der Waals surface area contributed by atoms with Crippen LogP contribution in [0.25, 0.3) is 11.1 Å². The molecule has 8 heteroatoms. The van der Waals surface area contributed by atoms with Crippen molar-refractivity contribution in [2.45, 2.75) is 26.5 Å². The number of anilines is 1. The molecule has 194 valence electrons. The number of rotatable bonds is 9. The summed E-state index contributed by atoms with van der Waals surface area (Å²) in [7, 11) is 0. The summed E-state index contributed by atoms with van der Waals surface area (Å²) in [6.45, 7) is 3.29. The molecule has 0 aliphatic rings. The van der Waals surface area contributed by atoms with Gasteiger partial charge in [0.05, 0.1) is 12.3 Å². The predicted molar refractivity (Wildman–Crippen MR) is 141 cm³/mol. The third-order valence-electron chi connectivity index (χ3n) is 5.75. The number of halogens is 1. The van der Waals surface area contributed by atoms with Gasteiger partial charge in [0.25, 0.3) is 5.91 Å². The molecule has 0 fully saturated rings. The van der Waals surface area contributed by atoms with Crippen LogP contribution in [0.3, 0.4) is 0 Å². The molecule has 1 atom stereocenters. The van der Waals surface area contributed by atoms with E-state index in [2.05, 4.69) is 5.32 Å². The number of benzene rings is 3. The second-order valence-electron chi connectivity index (χ2n) is 8.50. The molecule has 0 aliphatic carbocycles. The van der Waals surface area contributed by atoms with Gasteiger partial charge in [-0.1, -0.05) is 72.8 Å². The number of amides is 1. The molecule has 0 saturated heterocycles. The maximum atomic E-state index is 14.2. The number of ether oxygens (including phenoxy) is 2. The van der Waals surface area contributed by atoms with Crippen LogP contribution >= 0.6 is 0 Å². The summed E-state index contributed by atoms with van der Waals surface area (Å²) in [5, 5.41) is 2.79. The van der Waals surface area contributed by atoms with Crippen molar-refractivity contribution in [3.05, 3.63) is 114 Å². The third-order valence-corrected chi connectivity index (χ3v) is 5.75. The number of hydrogen-bond donors (Lipinski definition) is 1. The minimum absolute atomic E-state index is 0.0814. The second-order valence-corrected chi connectivity index (χ2v) is 8.50. The van der Waals surface area contributed by atoms with Crippen LogP contribution < -0.4 is 5.32 Å². The van der Waals surface area contributed by atoms with Crippen LogP contribution in [0.4, 0.5) is 10.1 Å². The number of hydrogen-bond acceptors (Lipinski definition) is 5. The Morgan fingerprint density at radius 3 is 2.26 bits per heavy atom. The lowest BCUT2D eigenvalue weighted by atomic mass is 10.1. The Hall–Kier alpha value is -4.72. The molecule has 1 heterocycles. The van der Waals surface area contributed by atoms with Gasteiger partial charge in [0, 0.05) is 30.8 Å². The largest absolute Gasteiger partial charge is 0.461 e. The van der Waals surface area contributed by atoms with Crippen molar-refractivity contribution < 1.29 is 28.2 Å². The normalized spacial score (nSPS) is 11.4. The van der Waals surface area contributed by atoms with Crippen LogP contribution in [0.15, 0.2) is 91.1 Å². The second kappa shape index (κ2) is 12.0. The number of carbonyl (C=O) groups is 3. The number of aromatic nitrogens is 1. The quantitative estimate of drug-likeness (QED) is 0.287. The van der Waals surface area contributed by atoms with Gasteiger partial charge in [-0.3, -0.25) is 9.59 Å². The summed E-state index contributed by atoms with van der Waals surface area (Å²) in [5.74, 6) is -2.46. The topological polar surface area (TPSA) is 86.6 Å². The summed E-state index contributed by atoms with van der Waals surface area (Å²) in [6.07, 6.45) is 0.397. The Labute approximate surface area is 219 Å². The molecule has 0 unspecified atom stereocenters. The molecule has 0 radical (unpaired) electrons. The van der Waals surface area contributed by atoms with E-state index in [1.807, 2.05) is 30.3 Å². The summed E-state index contributed by atoms with van der Waals surface area (Å²) in [6, 6.07) is 23.8. The number of nitrogens with zero attached hydrogens (tertiary/aromatic N) is 1.